The Morgan fingerprint density at radius 2 is 2.20 bits per heavy atom. The maximum absolute atomic E-state index is 14.7. The fraction of sp³-hybridized carbons (Fsp3) is 0.364. The number of likely N-dealkylation sites (tertiary alicyclic amines) is 1. The molecule has 2 aliphatic heterocycles. The van der Waals surface area contributed by atoms with Gasteiger partial charge in [-0.15, -0.1) is 22.7 Å². The molecule has 0 aliphatic carbocycles. The van der Waals surface area contributed by atoms with Gasteiger partial charge in [0.25, 0.3) is 0 Å². The first kappa shape index (κ1) is 18.6. The number of anilines is 2. The minimum atomic E-state index is -0.272. The molecule has 0 saturated carbocycles. The molecule has 6 rings (SSSR count). The van der Waals surface area contributed by atoms with Crippen LogP contribution in [0.25, 0.3) is 20.4 Å². The van der Waals surface area contributed by atoms with E-state index in [1.807, 2.05) is 6.07 Å². The third kappa shape index (κ3) is 2.78. The van der Waals surface area contributed by atoms with E-state index in [0.717, 1.165) is 58.7 Å². The summed E-state index contributed by atoms with van der Waals surface area (Å²) in [5.74, 6) is 0.173. The fourth-order valence-corrected chi connectivity index (χ4v) is 6.95. The van der Waals surface area contributed by atoms with Crippen molar-refractivity contribution in [2.45, 2.75) is 24.3 Å². The van der Waals surface area contributed by atoms with Gasteiger partial charge in [0.15, 0.2) is 0 Å². The number of fused-ring (bicyclic) bond motifs is 2. The van der Waals surface area contributed by atoms with E-state index in [2.05, 4.69) is 33.3 Å². The molecule has 4 aromatic rings. The number of hydrogen-bond donors (Lipinski definition) is 1. The molecule has 0 bridgehead atoms. The van der Waals surface area contributed by atoms with Gasteiger partial charge >= 0.3 is 0 Å². The number of aromatic nitrogens is 2. The van der Waals surface area contributed by atoms with Crippen LogP contribution in [0.15, 0.2) is 36.0 Å². The van der Waals surface area contributed by atoms with Crippen LogP contribution >= 0.6 is 22.7 Å². The van der Waals surface area contributed by atoms with Crippen molar-refractivity contribution >= 4 is 54.5 Å². The zero-order valence-corrected chi connectivity index (χ0v) is 18.2. The van der Waals surface area contributed by atoms with Crippen LogP contribution in [-0.4, -0.2) is 47.2 Å². The second-order valence-electron chi connectivity index (χ2n) is 8.17. The lowest BCUT2D eigenvalue weighted by atomic mass is 9.83. The predicted octanol–water partition coefficient (Wildman–Crippen LogP) is 5.37. The molecule has 1 spiro atoms. The number of thiazole rings is 1. The van der Waals surface area contributed by atoms with Crippen LogP contribution in [0.1, 0.15) is 23.6 Å². The second-order valence-corrected chi connectivity index (χ2v) is 10.1. The SMILES string of the molecule is CN1CC[C@H](c2cc3c(Nc4cc5ncsc5cc4F)ccnc3s2)[C@]12CCOC2. The van der Waals surface area contributed by atoms with Gasteiger partial charge in [0, 0.05) is 29.0 Å². The van der Waals surface area contributed by atoms with Gasteiger partial charge in [-0.3, -0.25) is 4.90 Å². The first-order chi connectivity index (χ1) is 14.6. The number of ether oxygens (including phenoxy) is 1. The number of benzene rings is 1. The van der Waals surface area contributed by atoms with E-state index in [1.54, 1.807) is 35.2 Å². The van der Waals surface area contributed by atoms with Crippen LogP contribution in [0.2, 0.25) is 0 Å². The largest absolute Gasteiger partial charge is 0.379 e. The highest BCUT2D eigenvalue weighted by molar-refractivity contribution is 7.18. The van der Waals surface area contributed by atoms with E-state index < -0.39 is 0 Å². The second kappa shape index (κ2) is 6.95. The van der Waals surface area contributed by atoms with E-state index in [-0.39, 0.29) is 11.4 Å². The summed E-state index contributed by atoms with van der Waals surface area (Å²) in [6.07, 6.45) is 3.99. The number of thiophene rings is 1. The van der Waals surface area contributed by atoms with E-state index in [1.165, 1.54) is 16.2 Å². The van der Waals surface area contributed by atoms with Crippen LogP contribution in [0.4, 0.5) is 15.8 Å². The van der Waals surface area contributed by atoms with Crippen LogP contribution < -0.4 is 5.32 Å². The van der Waals surface area contributed by atoms with Crippen LogP contribution in [0.3, 0.4) is 0 Å². The van der Waals surface area contributed by atoms with Crippen molar-refractivity contribution in [2.24, 2.45) is 0 Å². The molecular formula is C22H21FN4OS2. The highest BCUT2D eigenvalue weighted by Crippen LogP contribution is 2.49. The maximum atomic E-state index is 14.7. The lowest BCUT2D eigenvalue weighted by Crippen LogP contribution is -2.45. The van der Waals surface area contributed by atoms with Gasteiger partial charge in [0.2, 0.25) is 0 Å². The lowest BCUT2D eigenvalue weighted by molar-refractivity contribution is 0.111. The Kier molecular flexibility index (Phi) is 4.31. The summed E-state index contributed by atoms with van der Waals surface area (Å²) in [5, 5.41) is 4.33. The summed E-state index contributed by atoms with van der Waals surface area (Å²) in [4.78, 5) is 13.7. The van der Waals surface area contributed by atoms with E-state index in [0.29, 0.717) is 11.6 Å². The first-order valence-electron chi connectivity index (χ1n) is 10.1. The monoisotopic (exact) mass is 440 g/mol. The highest BCUT2D eigenvalue weighted by Gasteiger charge is 2.50. The minimum absolute atomic E-state index is 0.0935. The Labute approximate surface area is 181 Å². The van der Waals surface area contributed by atoms with E-state index in [9.17, 15) is 4.39 Å². The molecule has 1 N–H and O–H groups in total. The Hall–Kier alpha value is -2.13. The van der Waals surface area contributed by atoms with Crippen LogP contribution in [0.5, 0.6) is 0 Å². The zero-order valence-electron chi connectivity index (χ0n) is 16.5. The summed E-state index contributed by atoms with van der Waals surface area (Å²) in [6.45, 7) is 2.70. The number of halogens is 1. The molecule has 1 aromatic carbocycles. The topological polar surface area (TPSA) is 50.3 Å². The highest BCUT2D eigenvalue weighted by atomic mass is 32.1. The molecule has 0 amide bonds. The van der Waals surface area contributed by atoms with Gasteiger partial charge in [-0.25, -0.2) is 14.4 Å². The number of nitrogens with zero attached hydrogens (tertiary/aromatic N) is 3. The summed E-state index contributed by atoms with van der Waals surface area (Å²) in [5.41, 5.74) is 3.95. The molecule has 5 nitrogen and oxygen atoms in total. The molecule has 3 aromatic heterocycles. The molecule has 8 heteroatoms. The van der Waals surface area contributed by atoms with Gasteiger partial charge in [0.1, 0.15) is 10.6 Å². The van der Waals surface area contributed by atoms with Crippen molar-refractivity contribution in [3.63, 3.8) is 0 Å². The number of nitrogens with one attached hydrogen (secondary N) is 1. The van der Waals surface area contributed by atoms with Crippen molar-refractivity contribution in [1.82, 2.24) is 14.9 Å². The Morgan fingerprint density at radius 1 is 1.27 bits per heavy atom. The number of rotatable bonds is 3. The third-order valence-electron chi connectivity index (χ3n) is 6.68. The normalized spacial score (nSPS) is 24.5. The van der Waals surface area contributed by atoms with Crippen molar-refractivity contribution < 1.29 is 9.13 Å². The van der Waals surface area contributed by atoms with Crippen molar-refractivity contribution in [3.05, 3.63) is 46.7 Å². The molecule has 0 unspecified atom stereocenters. The fourth-order valence-electron chi connectivity index (χ4n) is 4.99. The number of pyridine rings is 1. The summed E-state index contributed by atoms with van der Waals surface area (Å²) in [7, 11) is 2.21. The van der Waals surface area contributed by atoms with E-state index in [4.69, 9.17) is 4.74 Å². The van der Waals surface area contributed by atoms with E-state index >= 15 is 0 Å². The summed E-state index contributed by atoms with van der Waals surface area (Å²) in [6, 6.07) is 7.49. The smallest absolute Gasteiger partial charge is 0.148 e. The molecule has 2 fully saturated rings. The molecule has 154 valence electrons. The first-order valence-corrected chi connectivity index (χ1v) is 11.8. The summed E-state index contributed by atoms with van der Waals surface area (Å²) < 4.78 is 21.3. The standard InChI is InChI=1S/C22H21FN4OS2/c1-27-6-3-14(22(27)4-7-28-11-22)19-8-13-16(2-5-24-21(13)30-19)26-17-10-18-20(9-15(17)23)29-12-25-18/h2,5,8-10,12,14H,3-4,6-7,11H2,1H3,(H,24,26)/t14-,22-/m1/s1. The van der Waals surface area contributed by atoms with Crippen molar-refractivity contribution in [2.75, 3.05) is 32.1 Å². The summed E-state index contributed by atoms with van der Waals surface area (Å²) >= 11 is 3.20. The maximum Gasteiger partial charge on any atom is 0.148 e. The molecule has 2 atom stereocenters. The minimum Gasteiger partial charge on any atom is -0.379 e. The van der Waals surface area contributed by atoms with Crippen LogP contribution in [0, 0.1) is 5.82 Å². The molecule has 2 saturated heterocycles. The van der Waals surface area contributed by atoms with Gasteiger partial charge in [-0.2, -0.15) is 0 Å². The Balaban J connectivity index is 1.39. The number of likely N-dealkylation sites (N-methyl/N-ethyl adjacent to an activating group) is 1. The average Bonchev–Trinajstić information content (AvgIpc) is 3.51. The van der Waals surface area contributed by atoms with Gasteiger partial charge in [-0.05, 0) is 50.7 Å². The van der Waals surface area contributed by atoms with Crippen molar-refractivity contribution in [3.8, 4) is 0 Å². The molecule has 5 heterocycles. The van der Waals surface area contributed by atoms with Crippen molar-refractivity contribution in [1.29, 1.82) is 0 Å². The Bertz CT molecular complexity index is 1250. The quantitative estimate of drug-likeness (QED) is 0.464. The van der Waals surface area contributed by atoms with Gasteiger partial charge in [0.05, 0.1) is 39.2 Å². The molecular weight excluding hydrogens is 419 g/mol. The van der Waals surface area contributed by atoms with Gasteiger partial charge in [-0.1, -0.05) is 0 Å². The zero-order chi connectivity index (χ0) is 20.3. The lowest BCUT2D eigenvalue weighted by Gasteiger charge is -2.35. The average molecular weight is 441 g/mol. The molecule has 2 aliphatic rings. The van der Waals surface area contributed by atoms with Gasteiger partial charge < -0.3 is 10.1 Å². The molecule has 0 radical (unpaired) electrons. The Morgan fingerprint density at radius 3 is 3.07 bits per heavy atom. The molecule has 30 heavy (non-hydrogen) atoms. The van der Waals surface area contributed by atoms with Crippen LogP contribution in [-0.2, 0) is 4.74 Å². The number of hydrogen-bond acceptors (Lipinski definition) is 7. The third-order valence-corrected chi connectivity index (χ3v) is 8.63. The predicted molar refractivity (Wildman–Crippen MR) is 121 cm³/mol.